The lowest BCUT2D eigenvalue weighted by molar-refractivity contribution is -0.128. The molecule has 3 rings (SSSR count). The van der Waals surface area contributed by atoms with Gasteiger partial charge in [0.15, 0.2) is 6.10 Å². The molecule has 0 aromatic heterocycles. The van der Waals surface area contributed by atoms with Gasteiger partial charge in [-0.3, -0.25) is 9.10 Å². The molecule has 1 amide bonds. The van der Waals surface area contributed by atoms with Crippen molar-refractivity contribution in [1.29, 1.82) is 0 Å². The van der Waals surface area contributed by atoms with Gasteiger partial charge >= 0.3 is 0 Å². The fourth-order valence-electron chi connectivity index (χ4n) is 3.05. The third-order valence-electron chi connectivity index (χ3n) is 5.26. The van der Waals surface area contributed by atoms with E-state index in [-0.39, 0.29) is 29.3 Å². The maximum absolute atomic E-state index is 13.4. The maximum atomic E-state index is 13.4. The number of ether oxygens (including phenoxy) is 1. The molecule has 0 radical (unpaired) electrons. The average molecular weight is 417 g/mol. The van der Waals surface area contributed by atoms with E-state index in [0.717, 1.165) is 11.1 Å². The van der Waals surface area contributed by atoms with Crippen molar-refractivity contribution in [3.05, 3.63) is 53.6 Å². The van der Waals surface area contributed by atoms with Crippen molar-refractivity contribution in [1.82, 2.24) is 5.32 Å². The normalized spacial score (nSPS) is 17.4. The van der Waals surface area contributed by atoms with E-state index in [1.807, 2.05) is 40.7 Å². The van der Waals surface area contributed by atoms with Gasteiger partial charge in [0, 0.05) is 6.04 Å². The first-order chi connectivity index (χ1) is 13.6. The fraction of sp³-hybridized carbons (Fsp3) is 0.409. The van der Waals surface area contributed by atoms with E-state index in [9.17, 15) is 13.2 Å². The highest BCUT2D eigenvalue weighted by molar-refractivity contribution is 7.92. The Morgan fingerprint density at radius 3 is 2.31 bits per heavy atom. The smallest absolute Gasteiger partial charge is 0.264 e. The topological polar surface area (TPSA) is 75.7 Å². The lowest BCUT2D eigenvalue weighted by Crippen LogP contribution is -2.52. The van der Waals surface area contributed by atoms with E-state index in [2.05, 4.69) is 5.32 Å². The molecule has 2 atom stereocenters. The van der Waals surface area contributed by atoms with Crippen molar-refractivity contribution in [2.45, 2.75) is 51.7 Å². The van der Waals surface area contributed by atoms with E-state index >= 15 is 0 Å². The van der Waals surface area contributed by atoms with E-state index < -0.39 is 16.1 Å². The molecule has 0 saturated carbocycles. The number of fused-ring (bicyclic) bond motifs is 1. The van der Waals surface area contributed by atoms with Gasteiger partial charge < -0.3 is 10.1 Å². The minimum Gasteiger partial charge on any atom is -0.476 e. The highest BCUT2D eigenvalue weighted by atomic mass is 32.2. The Labute approximate surface area is 172 Å². The summed E-state index contributed by atoms with van der Waals surface area (Å²) in [5.74, 6) is 0.330. The second kappa shape index (κ2) is 8.06. The van der Waals surface area contributed by atoms with Gasteiger partial charge in [-0.1, -0.05) is 37.6 Å². The number of carbonyl (C=O) groups excluding carboxylic acids is 1. The van der Waals surface area contributed by atoms with Gasteiger partial charge in [0.2, 0.25) is 0 Å². The Hall–Kier alpha value is -2.54. The van der Waals surface area contributed by atoms with Crippen LogP contribution in [-0.2, 0) is 14.8 Å². The summed E-state index contributed by atoms with van der Waals surface area (Å²) in [6.45, 7) is 9.67. The zero-order chi connectivity index (χ0) is 21.3. The van der Waals surface area contributed by atoms with Crippen LogP contribution in [0.4, 0.5) is 5.69 Å². The fourth-order valence-corrected chi connectivity index (χ4v) is 4.52. The number of hydrogen-bond donors (Lipinski definition) is 1. The van der Waals surface area contributed by atoms with Crippen LogP contribution in [0.25, 0.3) is 0 Å². The summed E-state index contributed by atoms with van der Waals surface area (Å²) in [5.41, 5.74) is 2.34. The summed E-state index contributed by atoms with van der Waals surface area (Å²) in [4.78, 5) is 13.0. The Morgan fingerprint density at radius 1 is 1.07 bits per heavy atom. The molecule has 1 aliphatic rings. The monoisotopic (exact) mass is 416 g/mol. The minimum absolute atomic E-state index is 0.0489. The number of anilines is 1. The molecule has 156 valence electrons. The van der Waals surface area contributed by atoms with Gasteiger partial charge in [-0.2, -0.15) is 0 Å². The van der Waals surface area contributed by atoms with Crippen molar-refractivity contribution >= 4 is 21.6 Å². The molecule has 2 aromatic rings. The van der Waals surface area contributed by atoms with Crippen LogP contribution >= 0.6 is 0 Å². The number of rotatable bonds is 5. The maximum Gasteiger partial charge on any atom is 0.264 e. The third kappa shape index (κ3) is 4.40. The third-order valence-corrected chi connectivity index (χ3v) is 7.05. The van der Waals surface area contributed by atoms with Crippen molar-refractivity contribution < 1.29 is 17.9 Å². The summed E-state index contributed by atoms with van der Waals surface area (Å²) in [7, 11) is -3.84. The van der Waals surface area contributed by atoms with Crippen molar-refractivity contribution in [2.75, 3.05) is 10.8 Å². The molecule has 0 aliphatic carbocycles. The van der Waals surface area contributed by atoms with Gasteiger partial charge in [-0.05, 0) is 56.5 Å². The SMILES string of the molecule is Cc1ccc(S(=O)(=O)N2C[C@@H](C(=O)N[C@H](C)C(C)C)Oc3cc(C)ccc32)cc1. The summed E-state index contributed by atoms with van der Waals surface area (Å²) in [5, 5.41) is 2.93. The zero-order valence-corrected chi connectivity index (χ0v) is 18.3. The first kappa shape index (κ1) is 21.2. The number of aryl methyl sites for hydroxylation is 2. The van der Waals surface area contributed by atoms with Crippen molar-refractivity contribution in [3.63, 3.8) is 0 Å². The molecule has 0 unspecified atom stereocenters. The minimum atomic E-state index is -3.84. The van der Waals surface area contributed by atoms with Crippen molar-refractivity contribution in [3.8, 4) is 5.75 Å². The summed E-state index contributed by atoms with van der Waals surface area (Å²) in [6, 6.07) is 12.0. The Kier molecular flexibility index (Phi) is 5.89. The Balaban J connectivity index is 1.99. The number of nitrogens with zero attached hydrogens (tertiary/aromatic N) is 1. The molecule has 29 heavy (non-hydrogen) atoms. The molecular formula is C22H28N2O4S. The lowest BCUT2D eigenvalue weighted by Gasteiger charge is -2.35. The quantitative estimate of drug-likeness (QED) is 0.810. The second-order valence-electron chi connectivity index (χ2n) is 7.97. The van der Waals surface area contributed by atoms with Gasteiger partial charge in [0.1, 0.15) is 5.75 Å². The molecule has 0 bridgehead atoms. The predicted molar refractivity (Wildman–Crippen MR) is 114 cm³/mol. The van der Waals surface area contributed by atoms with E-state index in [1.165, 1.54) is 4.31 Å². The van der Waals surface area contributed by atoms with E-state index in [4.69, 9.17) is 4.74 Å². The summed E-state index contributed by atoms with van der Waals surface area (Å²) in [6.07, 6.45) is -0.925. The standard InChI is InChI=1S/C22H28N2O4S/c1-14(2)17(5)23-22(25)21-13-24(19-11-8-16(4)12-20(19)28-21)29(26,27)18-9-6-15(3)7-10-18/h6-12,14,17,21H,13H2,1-5H3,(H,23,25)/t17-,21+/m1/s1. The van der Waals surface area contributed by atoms with Crippen LogP contribution < -0.4 is 14.4 Å². The van der Waals surface area contributed by atoms with E-state index in [0.29, 0.717) is 11.4 Å². The van der Waals surface area contributed by atoms with Crippen LogP contribution in [0.2, 0.25) is 0 Å². The molecule has 0 saturated heterocycles. The molecule has 0 spiro atoms. The number of benzene rings is 2. The molecule has 1 aliphatic heterocycles. The van der Waals surface area contributed by atoms with E-state index in [1.54, 1.807) is 36.4 Å². The van der Waals surface area contributed by atoms with Crippen LogP contribution in [0.1, 0.15) is 31.9 Å². The molecule has 1 heterocycles. The number of nitrogens with one attached hydrogen (secondary N) is 1. The highest BCUT2D eigenvalue weighted by Crippen LogP contribution is 2.37. The van der Waals surface area contributed by atoms with Crippen molar-refractivity contribution in [2.24, 2.45) is 5.92 Å². The average Bonchev–Trinajstić information content (AvgIpc) is 2.66. The Morgan fingerprint density at radius 2 is 1.69 bits per heavy atom. The molecule has 7 heteroatoms. The lowest BCUT2D eigenvalue weighted by atomic mass is 10.1. The van der Waals surface area contributed by atoms with Crippen LogP contribution in [-0.4, -0.2) is 33.0 Å². The zero-order valence-electron chi connectivity index (χ0n) is 17.5. The summed E-state index contributed by atoms with van der Waals surface area (Å²) >= 11 is 0. The predicted octanol–water partition coefficient (Wildman–Crippen LogP) is 3.42. The largest absolute Gasteiger partial charge is 0.476 e. The van der Waals surface area contributed by atoms with Crippen LogP contribution in [0.3, 0.4) is 0 Å². The highest BCUT2D eigenvalue weighted by Gasteiger charge is 2.38. The van der Waals surface area contributed by atoms with Gasteiger partial charge in [-0.15, -0.1) is 0 Å². The number of amides is 1. The molecular weight excluding hydrogens is 388 g/mol. The van der Waals surface area contributed by atoms with Crippen LogP contribution in [0.5, 0.6) is 5.75 Å². The van der Waals surface area contributed by atoms with Gasteiger partial charge in [0.25, 0.3) is 15.9 Å². The Bertz CT molecular complexity index is 1000. The molecule has 2 aromatic carbocycles. The number of carbonyl (C=O) groups is 1. The molecule has 6 nitrogen and oxygen atoms in total. The van der Waals surface area contributed by atoms with Crippen LogP contribution in [0.15, 0.2) is 47.4 Å². The molecule has 1 N–H and O–H groups in total. The number of sulfonamides is 1. The van der Waals surface area contributed by atoms with Crippen LogP contribution in [0, 0.1) is 19.8 Å². The first-order valence-corrected chi connectivity index (χ1v) is 11.2. The van der Waals surface area contributed by atoms with Gasteiger partial charge in [0.05, 0.1) is 17.1 Å². The first-order valence-electron chi connectivity index (χ1n) is 9.76. The second-order valence-corrected chi connectivity index (χ2v) is 9.83. The van der Waals surface area contributed by atoms with Gasteiger partial charge in [-0.25, -0.2) is 8.42 Å². The number of hydrogen-bond acceptors (Lipinski definition) is 4. The summed E-state index contributed by atoms with van der Waals surface area (Å²) < 4.78 is 34.0. The molecule has 0 fully saturated rings.